The molecule has 0 saturated heterocycles. The van der Waals surface area contributed by atoms with Crippen LogP contribution in [0.1, 0.15) is 33.6 Å². The highest BCUT2D eigenvalue weighted by Crippen LogP contribution is 2.45. The molecule has 0 heterocycles. The number of hydrogen-bond acceptors (Lipinski definition) is 2. The Bertz CT molecular complexity index is 228. The first-order chi connectivity index (χ1) is 7.12. The largest absolute Gasteiger partial charge is 0.411 e. The summed E-state index contributed by atoms with van der Waals surface area (Å²) in [6.45, 7) is 5.92. The minimum atomic E-state index is -4.21. The standard InChI is InChI=1S/C11H20F3NO/c1-9(2,3)15-6-10(4-5-10)7-16-8-11(12,13)14/h15H,4-8H2,1-3H3. The molecule has 5 heteroatoms. The molecule has 0 radical (unpaired) electrons. The molecule has 1 aliphatic rings. The van der Waals surface area contributed by atoms with Crippen molar-refractivity contribution in [2.45, 2.75) is 45.3 Å². The minimum absolute atomic E-state index is 0.000380. The summed E-state index contributed by atoms with van der Waals surface area (Å²) < 4.78 is 40.4. The normalized spacial score (nSPS) is 19.9. The Morgan fingerprint density at radius 2 is 1.75 bits per heavy atom. The van der Waals surface area contributed by atoms with Gasteiger partial charge in [0.15, 0.2) is 0 Å². The van der Waals surface area contributed by atoms with Gasteiger partial charge in [-0.3, -0.25) is 0 Å². The molecule has 1 saturated carbocycles. The van der Waals surface area contributed by atoms with Crippen LogP contribution in [0.15, 0.2) is 0 Å². The van der Waals surface area contributed by atoms with Crippen molar-refractivity contribution in [3.8, 4) is 0 Å². The maximum atomic E-state index is 11.9. The van der Waals surface area contributed by atoms with Gasteiger partial charge in [-0.2, -0.15) is 13.2 Å². The molecule has 1 rings (SSSR count). The fraction of sp³-hybridized carbons (Fsp3) is 1.00. The average molecular weight is 239 g/mol. The maximum absolute atomic E-state index is 11.9. The highest BCUT2D eigenvalue weighted by atomic mass is 19.4. The molecule has 1 N–H and O–H groups in total. The van der Waals surface area contributed by atoms with Crippen LogP contribution in [0.4, 0.5) is 13.2 Å². The molecule has 16 heavy (non-hydrogen) atoms. The summed E-state index contributed by atoms with van der Waals surface area (Å²) in [5, 5.41) is 3.31. The van der Waals surface area contributed by atoms with Crippen molar-refractivity contribution >= 4 is 0 Å². The van der Waals surface area contributed by atoms with E-state index in [0.29, 0.717) is 0 Å². The second-order valence-electron chi connectivity index (χ2n) is 5.71. The third-order valence-corrected chi connectivity index (χ3v) is 2.62. The topological polar surface area (TPSA) is 21.3 Å². The van der Waals surface area contributed by atoms with Crippen LogP contribution in [0, 0.1) is 5.41 Å². The molecule has 1 aliphatic carbocycles. The Hall–Kier alpha value is -0.290. The Morgan fingerprint density at radius 1 is 1.19 bits per heavy atom. The van der Waals surface area contributed by atoms with Gasteiger partial charge in [-0.1, -0.05) is 0 Å². The fourth-order valence-corrected chi connectivity index (χ4v) is 1.38. The number of ether oxygens (including phenoxy) is 1. The quantitative estimate of drug-likeness (QED) is 0.796. The molecule has 0 aromatic heterocycles. The van der Waals surface area contributed by atoms with E-state index < -0.39 is 12.8 Å². The van der Waals surface area contributed by atoms with Gasteiger partial charge in [0, 0.05) is 17.5 Å². The highest BCUT2D eigenvalue weighted by Gasteiger charge is 2.44. The molecule has 0 aromatic rings. The van der Waals surface area contributed by atoms with E-state index in [1.54, 1.807) is 0 Å². The molecular formula is C11H20F3NO. The molecule has 0 atom stereocenters. The zero-order valence-corrected chi connectivity index (χ0v) is 10.1. The van der Waals surface area contributed by atoms with Crippen molar-refractivity contribution in [3.63, 3.8) is 0 Å². The van der Waals surface area contributed by atoms with Crippen LogP contribution in [0.5, 0.6) is 0 Å². The third-order valence-electron chi connectivity index (χ3n) is 2.62. The van der Waals surface area contributed by atoms with E-state index >= 15 is 0 Å². The molecule has 2 nitrogen and oxygen atoms in total. The number of alkyl halides is 3. The van der Waals surface area contributed by atoms with Gasteiger partial charge in [-0.05, 0) is 33.6 Å². The molecule has 0 bridgehead atoms. The lowest BCUT2D eigenvalue weighted by atomic mass is 10.0. The van der Waals surface area contributed by atoms with Crippen LogP contribution >= 0.6 is 0 Å². The van der Waals surface area contributed by atoms with Gasteiger partial charge in [-0.25, -0.2) is 0 Å². The van der Waals surface area contributed by atoms with E-state index in [-0.39, 0.29) is 17.6 Å². The molecular weight excluding hydrogens is 219 g/mol. The lowest BCUT2D eigenvalue weighted by molar-refractivity contribution is -0.177. The highest BCUT2D eigenvalue weighted by molar-refractivity contribution is 4.96. The maximum Gasteiger partial charge on any atom is 0.411 e. The Labute approximate surface area is 94.5 Å². The van der Waals surface area contributed by atoms with E-state index in [0.717, 1.165) is 19.4 Å². The molecule has 0 amide bonds. The zero-order chi connectivity index (χ0) is 12.4. The van der Waals surface area contributed by atoms with Crippen LogP contribution in [0.25, 0.3) is 0 Å². The minimum Gasteiger partial charge on any atom is -0.371 e. The lowest BCUT2D eigenvalue weighted by Gasteiger charge is -2.25. The SMILES string of the molecule is CC(C)(C)NCC1(COCC(F)(F)F)CC1. The fourth-order valence-electron chi connectivity index (χ4n) is 1.38. The van der Waals surface area contributed by atoms with E-state index in [4.69, 9.17) is 4.74 Å². The molecule has 0 spiro atoms. The van der Waals surface area contributed by atoms with Gasteiger partial charge >= 0.3 is 6.18 Å². The van der Waals surface area contributed by atoms with Gasteiger partial charge in [0.1, 0.15) is 6.61 Å². The zero-order valence-electron chi connectivity index (χ0n) is 10.1. The summed E-state index contributed by atoms with van der Waals surface area (Å²) in [5.41, 5.74) is -0.0574. The van der Waals surface area contributed by atoms with Crippen LogP contribution in [0.2, 0.25) is 0 Å². The van der Waals surface area contributed by atoms with Crippen molar-refractivity contribution in [1.29, 1.82) is 0 Å². The first-order valence-electron chi connectivity index (χ1n) is 5.52. The molecule has 1 fully saturated rings. The van der Waals surface area contributed by atoms with Crippen molar-refractivity contribution in [3.05, 3.63) is 0 Å². The predicted octanol–water partition coefficient (Wildman–Crippen LogP) is 2.73. The summed E-state index contributed by atoms with van der Waals surface area (Å²) in [7, 11) is 0. The molecule has 0 aromatic carbocycles. The number of nitrogens with one attached hydrogen (secondary N) is 1. The number of rotatable bonds is 5. The van der Waals surface area contributed by atoms with Crippen molar-refractivity contribution < 1.29 is 17.9 Å². The van der Waals surface area contributed by atoms with E-state index in [1.807, 2.05) is 20.8 Å². The molecule has 0 unspecified atom stereocenters. The summed E-state index contributed by atoms with van der Waals surface area (Å²) in [6, 6.07) is 0. The average Bonchev–Trinajstić information content (AvgIpc) is 2.79. The van der Waals surface area contributed by atoms with Crippen LogP contribution in [-0.2, 0) is 4.74 Å². The van der Waals surface area contributed by atoms with Crippen LogP contribution in [-0.4, -0.2) is 31.5 Å². The second kappa shape index (κ2) is 4.53. The Balaban J connectivity index is 2.21. The Morgan fingerprint density at radius 3 is 2.12 bits per heavy atom. The summed E-state index contributed by atoms with van der Waals surface area (Å²) >= 11 is 0. The van der Waals surface area contributed by atoms with E-state index in [2.05, 4.69) is 5.32 Å². The summed E-state index contributed by atoms with van der Waals surface area (Å²) in [5.74, 6) is 0. The van der Waals surface area contributed by atoms with E-state index in [9.17, 15) is 13.2 Å². The smallest absolute Gasteiger partial charge is 0.371 e. The number of halogens is 3. The summed E-state index contributed by atoms with van der Waals surface area (Å²) in [6.07, 6.45) is -2.31. The monoisotopic (exact) mass is 239 g/mol. The van der Waals surface area contributed by atoms with Crippen molar-refractivity contribution in [2.75, 3.05) is 19.8 Å². The van der Waals surface area contributed by atoms with Crippen molar-refractivity contribution in [2.24, 2.45) is 5.41 Å². The predicted molar refractivity (Wildman–Crippen MR) is 56.3 cm³/mol. The first-order valence-corrected chi connectivity index (χ1v) is 5.52. The Kier molecular flexibility index (Phi) is 3.90. The van der Waals surface area contributed by atoms with Crippen molar-refractivity contribution in [1.82, 2.24) is 5.32 Å². The summed E-state index contributed by atoms with van der Waals surface area (Å²) in [4.78, 5) is 0. The van der Waals surface area contributed by atoms with Gasteiger partial charge in [0.25, 0.3) is 0 Å². The third kappa shape index (κ3) is 5.70. The van der Waals surface area contributed by atoms with E-state index in [1.165, 1.54) is 0 Å². The van der Waals surface area contributed by atoms with Gasteiger partial charge in [-0.15, -0.1) is 0 Å². The first kappa shape index (κ1) is 13.8. The molecule has 96 valence electrons. The van der Waals surface area contributed by atoms with Gasteiger partial charge < -0.3 is 10.1 Å². The number of hydrogen-bond donors (Lipinski definition) is 1. The van der Waals surface area contributed by atoms with Crippen LogP contribution in [0.3, 0.4) is 0 Å². The lowest BCUT2D eigenvalue weighted by Crippen LogP contribution is -2.41. The molecule has 0 aliphatic heterocycles. The van der Waals surface area contributed by atoms with Gasteiger partial charge in [0.2, 0.25) is 0 Å². The van der Waals surface area contributed by atoms with Gasteiger partial charge in [0.05, 0.1) is 6.61 Å². The second-order valence-corrected chi connectivity index (χ2v) is 5.71. The van der Waals surface area contributed by atoms with Crippen LogP contribution < -0.4 is 5.32 Å².